The third kappa shape index (κ3) is 2.43. The number of fused-ring (bicyclic) bond motifs is 1. The first-order valence-electron chi connectivity index (χ1n) is 7.21. The molecule has 0 amide bonds. The van der Waals surface area contributed by atoms with E-state index in [9.17, 15) is 0 Å². The zero-order valence-corrected chi connectivity index (χ0v) is 13.2. The zero-order chi connectivity index (χ0) is 14.3. The molecule has 20 heavy (non-hydrogen) atoms. The first-order chi connectivity index (χ1) is 9.56. The maximum atomic E-state index is 6.03. The molecule has 2 unspecified atom stereocenters. The van der Waals surface area contributed by atoms with E-state index in [-0.39, 0.29) is 6.04 Å². The van der Waals surface area contributed by atoms with Crippen molar-refractivity contribution in [2.75, 3.05) is 31.6 Å². The number of aromatic nitrogens is 2. The van der Waals surface area contributed by atoms with Gasteiger partial charge in [0.2, 0.25) is 0 Å². The lowest BCUT2D eigenvalue weighted by atomic mass is 10.1. The van der Waals surface area contributed by atoms with Crippen molar-refractivity contribution in [1.82, 2.24) is 14.3 Å². The Kier molecular flexibility index (Phi) is 3.70. The molecule has 2 atom stereocenters. The van der Waals surface area contributed by atoms with Gasteiger partial charge in [0, 0.05) is 49.7 Å². The summed E-state index contributed by atoms with van der Waals surface area (Å²) in [5.41, 5.74) is 7.29. The Hall–Kier alpha value is -1.11. The molecule has 5 nitrogen and oxygen atoms in total. The molecule has 0 aromatic carbocycles. The summed E-state index contributed by atoms with van der Waals surface area (Å²) in [6.45, 7) is 7.55. The minimum Gasteiger partial charge on any atom is -0.350 e. The summed E-state index contributed by atoms with van der Waals surface area (Å²) in [6.07, 6.45) is 2.97. The number of piperazine rings is 1. The van der Waals surface area contributed by atoms with Crippen molar-refractivity contribution >= 4 is 22.1 Å². The van der Waals surface area contributed by atoms with Gasteiger partial charge in [-0.15, -0.1) is 11.3 Å². The van der Waals surface area contributed by atoms with Gasteiger partial charge >= 0.3 is 0 Å². The topological polar surface area (TPSA) is 49.8 Å². The summed E-state index contributed by atoms with van der Waals surface area (Å²) in [5, 5.41) is 2.09. The van der Waals surface area contributed by atoms with E-state index in [0.717, 1.165) is 36.8 Å². The molecule has 0 aliphatic carbocycles. The molecule has 1 saturated heterocycles. The van der Waals surface area contributed by atoms with Gasteiger partial charge in [0.25, 0.3) is 0 Å². The van der Waals surface area contributed by atoms with E-state index in [1.807, 2.05) is 0 Å². The highest BCUT2D eigenvalue weighted by Gasteiger charge is 2.27. The molecule has 1 aliphatic rings. The van der Waals surface area contributed by atoms with E-state index in [1.165, 1.54) is 5.69 Å². The van der Waals surface area contributed by atoms with E-state index >= 15 is 0 Å². The second kappa shape index (κ2) is 5.35. The van der Waals surface area contributed by atoms with Crippen molar-refractivity contribution in [2.24, 2.45) is 5.73 Å². The SMILES string of the molecule is CC(N)Cc1c(N2CCN(C)CC2C)nc2sccn12. The molecule has 3 heterocycles. The Balaban J connectivity index is 1.99. The van der Waals surface area contributed by atoms with Crippen molar-refractivity contribution in [3.05, 3.63) is 17.3 Å². The van der Waals surface area contributed by atoms with Crippen LogP contribution in [0.5, 0.6) is 0 Å². The Bertz CT molecular complexity index is 587. The number of nitrogens with zero attached hydrogens (tertiary/aromatic N) is 4. The highest BCUT2D eigenvalue weighted by atomic mass is 32.1. The molecule has 2 N–H and O–H groups in total. The molecule has 110 valence electrons. The molecule has 6 heteroatoms. The van der Waals surface area contributed by atoms with E-state index < -0.39 is 0 Å². The van der Waals surface area contributed by atoms with Crippen molar-refractivity contribution in [3.63, 3.8) is 0 Å². The quantitative estimate of drug-likeness (QED) is 0.930. The van der Waals surface area contributed by atoms with Crippen LogP contribution in [0.3, 0.4) is 0 Å². The second-order valence-corrected chi connectivity index (χ2v) is 6.80. The Labute approximate surface area is 124 Å². The maximum absolute atomic E-state index is 6.03. The third-order valence-corrected chi connectivity index (χ3v) is 4.71. The van der Waals surface area contributed by atoms with Gasteiger partial charge in [-0.1, -0.05) is 0 Å². The fourth-order valence-corrected chi connectivity index (χ4v) is 3.73. The highest BCUT2D eigenvalue weighted by molar-refractivity contribution is 7.15. The van der Waals surface area contributed by atoms with Gasteiger partial charge in [-0.25, -0.2) is 4.98 Å². The van der Waals surface area contributed by atoms with Crippen LogP contribution in [0.15, 0.2) is 11.6 Å². The number of likely N-dealkylation sites (N-methyl/N-ethyl adjacent to an activating group) is 1. The molecule has 0 bridgehead atoms. The van der Waals surface area contributed by atoms with Crippen LogP contribution in [0.1, 0.15) is 19.5 Å². The molecule has 0 spiro atoms. The highest BCUT2D eigenvalue weighted by Crippen LogP contribution is 2.28. The number of nitrogens with two attached hydrogens (primary N) is 1. The summed E-state index contributed by atoms with van der Waals surface area (Å²) < 4.78 is 2.20. The minimum atomic E-state index is 0.149. The molecule has 1 fully saturated rings. The third-order valence-electron chi connectivity index (χ3n) is 3.96. The number of anilines is 1. The maximum Gasteiger partial charge on any atom is 0.195 e. The van der Waals surface area contributed by atoms with Crippen LogP contribution < -0.4 is 10.6 Å². The van der Waals surface area contributed by atoms with Gasteiger partial charge in [0.1, 0.15) is 0 Å². The second-order valence-electron chi connectivity index (χ2n) is 5.92. The van der Waals surface area contributed by atoms with Crippen LogP contribution in [-0.4, -0.2) is 53.1 Å². The molecule has 2 aromatic rings. The summed E-state index contributed by atoms with van der Waals surface area (Å²) in [5.74, 6) is 1.13. The lowest BCUT2D eigenvalue weighted by Gasteiger charge is -2.39. The largest absolute Gasteiger partial charge is 0.350 e. The standard InChI is InChI=1S/C14H23N5S/c1-10(15)8-12-13(16-14-19(12)6-7-20-14)18-5-4-17(3)9-11(18)2/h6-7,10-11H,4-5,8-9,15H2,1-3H3. The van der Waals surface area contributed by atoms with Gasteiger partial charge in [-0.3, -0.25) is 4.40 Å². The lowest BCUT2D eigenvalue weighted by Crippen LogP contribution is -2.51. The fraction of sp³-hybridized carbons (Fsp3) is 0.643. The fourth-order valence-electron chi connectivity index (χ4n) is 3.00. The lowest BCUT2D eigenvalue weighted by molar-refractivity contribution is 0.274. The molecule has 2 aromatic heterocycles. The normalized spacial score (nSPS) is 22.6. The summed E-state index contributed by atoms with van der Waals surface area (Å²) in [7, 11) is 2.18. The Morgan fingerprint density at radius 2 is 2.30 bits per heavy atom. The predicted molar refractivity (Wildman–Crippen MR) is 84.7 cm³/mol. The van der Waals surface area contributed by atoms with Crippen LogP contribution in [0.2, 0.25) is 0 Å². The molecule has 3 rings (SSSR count). The first-order valence-corrected chi connectivity index (χ1v) is 8.09. The Morgan fingerprint density at radius 3 is 3.00 bits per heavy atom. The molecule has 0 radical (unpaired) electrons. The molecular weight excluding hydrogens is 270 g/mol. The molecule has 0 saturated carbocycles. The van der Waals surface area contributed by atoms with E-state index in [1.54, 1.807) is 11.3 Å². The van der Waals surface area contributed by atoms with Crippen LogP contribution in [0.25, 0.3) is 4.96 Å². The number of hydrogen-bond acceptors (Lipinski definition) is 5. The number of rotatable bonds is 3. The van der Waals surface area contributed by atoms with Gasteiger partial charge in [-0.2, -0.15) is 0 Å². The number of imidazole rings is 1. The zero-order valence-electron chi connectivity index (χ0n) is 12.4. The van der Waals surface area contributed by atoms with E-state index in [0.29, 0.717) is 6.04 Å². The Morgan fingerprint density at radius 1 is 1.50 bits per heavy atom. The van der Waals surface area contributed by atoms with Crippen molar-refractivity contribution in [2.45, 2.75) is 32.4 Å². The van der Waals surface area contributed by atoms with Crippen LogP contribution in [-0.2, 0) is 6.42 Å². The summed E-state index contributed by atoms with van der Waals surface area (Å²) >= 11 is 1.69. The van der Waals surface area contributed by atoms with E-state index in [4.69, 9.17) is 10.7 Å². The first kappa shape index (κ1) is 13.9. The predicted octanol–water partition coefficient (Wildman–Crippen LogP) is 1.43. The van der Waals surface area contributed by atoms with Crippen molar-refractivity contribution in [1.29, 1.82) is 0 Å². The monoisotopic (exact) mass is 293 g/mol. The van der Waals surface area contributed by atoms with Crippen LogP contribution in [0.4, 0.5) is 5.82 Å². The van der Waals surface area contributed by atoms with Gasteiger partial charge < -0.3 is 15.5 Å². The van der Waals surface area contributed by atoms with Gasteiger partial charge in [0.15, 0.2) is 10.8 Å². The van der Waals surface area contributed by atoms with Crippen molar-refractivity contribution < 1.29 is 0 Å². The summed E-state index contributed by atoms with van der Waals surface area (Å²) in [6, 6.07) is 0.640. The summed E-state index contributed by atoms with van der Waals surface area (Å²) in [4.78, 5) is 10.8. The number of hydrogen-bond donors (Lipinski definition) is 1. The van der Waals surface area contributed by atoms with Crippen LogP contribution in [0, 0.1) is 0 Å². The molecular formula is C14H23N5S. The van der Waals surface area contributed by atoms with Crippen LogP contribution >= 0.6 is 11.3 Å². The smallest absolute Gasteiger partial charge is 0.195 e. The average molecular weight is 293 g/mol. The average Bonchev–Trinajstić information content (AvgIpc) is 2.92. The minimum absolute atomic E-state index is 0.149. The molecule has 1 aliphatic heterocycles. The number of thiazole rings is 1. The van der Waals surface area contributed by atoms with Crippen molar-refractivity contribution in [3.8, 4) is 0 Å². The van der Waals surface area contributed by atoms with Gasteiger partial charge in [0.05, 0.1) is 5.69 Å². The van der Waals surface area contributed by atoms with E-state index in [2.05, 4.69) is 46.7 Å². The van der Waals surface area contributed by atoms with Gasteiger partial charge in [-0.05, 0) is 20.9 Å².